The van der Waals surface area contributed by atoms with Gasteiger partial charge in [-0.3, -0.25) is 19.1 Å². The Balaban J connectivity index is 1.82. The van der Waals surface area contributed by atoms with Gasteiger partial charge >= 0.3 is 5.97 Å². The molecule has 0 spiro atoms. The molecule has 1 heterocycles. The Kier molecular flexibility index (Phi) is 5.61. The number of para-hydroxylation sites is 1. The van der Waals surface area contributed by atoms with E-state index in [-0.39, 0.29) is 24.3 Å². The van der Waals surface area contributed by atoms with E-state index in [9.17, 15) is 14.4 Å². The van der Waals surface area contributed by atoms with Crippen LogP contribution < -0.4 is 10.7 Å². The van der Waals surface area contributed by atoms with Gasteiger partial charge < -0.3 is 10.1 Å². The molecule has 3 rings (SSSR count). The van der Waals surface area contributed by atoms with Gasteiger partial charge in [-0.1, -0.05) is 42.5 Å². The molecule has 1 N–H and O–H groups in total. The number of nitrogens with zero attached hydrogens (tertiary/aromatic N) is 2. The number of ether oxygens (including phenoxy) is 1. The highest BCUT2D eigenvalue weighted by Crippen LogP contribution is 2.17. The number of esters is 1. The minimum atomic E-state index is -0.517. The van der Waals surface area contributed by atoms with Crippen LogP contribution in [-0.4, -0.2) is 28.8 Å². The van der Waals surface area contributed by atoms with Crippen LogP contribution >= 0.6 is 0 Å². The lowest BCUT2D eigenvalue weighted by atomic mass is 10.0. The third-order valence-electron chi connectivity index (χ3n) is 4.19. The summed E-state index contributed by atoms with van der Waals surface area (Å²) < 4.78 is 6.19. The van der Waals surface area contributed by atoms with Crippen LogP contribution in [-0.2, 0) is 20.9 Å². The Bertz CT molecular complexity index is 1010. The summed E-state index contributed by atoms with van der Waals surface area (Å²) in [6, 6.07) is 15.6. The van der Waals surface area contributed by atoms with Crippen LogP contribution in [0.5, 0.6) is 0 Å². The Morgan fingerprint density at radius 2 is 1.81 bits per heavy atom. The van der Waals surface area contributed by atoms with Crippen LogP contribution in [0.15, 0.2) is 65.6 Å². The molecular formula is C20H19N3O4. The smallest absolute Gasteiger partial charge is 0.307 e. The SMILES string of the molecule is COC(=O)CC(NC(=O)Cn1ncc(=O)c2ccccc21)c1ccccc1. The molecule has 27 heavy (non-hydrogen) atoms. The molecule has 7 heteroatoms. The normalized spacial score (nSPS) is 11.7. The summed E-state index contributed by atoms with van der Waals surface area (Å²) in [6.07, 6.45) is 1.21. The van der Waals surface area contributed by atoms with E-state index in [1.54, 1.807) is 24.3 Å². The number of carbonyl (C=O) groups excluding carboxylic acids is 2. The van der Waals surface area contributed by atoms with Gasteiger partial charge in [-0.15, -0.1) is 0 Å². The number of methoxy groups -OCH3 is 1. The van der Waals surface area contributed by atoms with E-state index in [1.807, 2.05) is 30.3 Å². The Labute approximate surface area is 155 Å². The monoisotopic (exact) mass is 365 g/mol. The molecule has 1 atom stereocenters. The lowest BCUT2D eigenvalue weighted by Gasteiger charge is -2.19. The number of benzene rings is 2. The molecule has 0 aliphatic rings. The first kappa shape index (κ1) is 18.3. The molecule has 1 aromatic heterocycles. The maximum absolute atomic E-state index is 12.6. The second-order valence-corrected chi connectivity index (χ2v) is 5.99. The first-order valence-electron chi connectivity index (χ1n) is 8.44. The standard InChI is InChI=1S/C20H19N3O4/c1-27-20(26)11-16(14-7-3-2-4-8-14)22-19(25)13-23-17-10-6-5-9-15(17)18(24)12-21-23/h2-10,12,16H,11,13H2,1H3,(H,22,25). The molecule has 0 aliphatic carbocycles. The number of carbonyl (C=O) groups is 2. The molecule has 2 aromatic carbocycles. The quantitative estimate of drug-likeness (QED) is 0.673. The van der Waals surface area contributed by atoms with Crippen molar-refractivity contribution in [2.24, 2.45) is 0 Å². The highest BCUT2D eigenvalue weighted by atomic mass is 16.5. The average molecular weight is 365 g/mol. The fourth-order valence-corrected chi connectivity index (χ4v) is 2.85. The predicted octanol–water partition coefficient (Wildman–Crippen LogP) is 1.82. The first-order valence-corrected chi connectivity index (χ1v) is 8.44. The number of rotatable bonds is 6. The van der Waals surface area contributed by atoms with Crippen LogP contribution in [0, 0.1) is 0 Å². The third kappa shape index (κ3) is 4.38. The largest absolute Gasteiger partial charge is 0.469 e. The van der Waals surface area contributed by atoms with Crippen LogP contribution in [0.25, 0.3) is 10.9 Å². The second kappa shape index (κ2) is 8.27. The second-order valence-electron chi connectivity index (χ2n) is 5.99. The fourth-order valence-electron chi connectivity index (χ4n) is 2.85. The van der Waals surface area contributed by atoms with E-state index in [2.05, 4.69) is 10.4 Å². The van der Waals surface area contributed by atoms with Crippen molar-refractivity contribution in [3.05, 3.63) is 76.6 Å². The molecule has 0 fully saturated rings. The summed E-state index contributed by atoms with van der Waals surface area (Å²) in [5, 5.41) is 7.40. The lowest BCUT2D eigenvalue weighted by Crippen LogP contribution is -2.34. The molecule has 3 aromatic rings. The van der Waals surface area contributed by atoms with E-state index in [1.165, 1.54) is 18.0 Å². The van der Waals surface area contributed by atoms with Crippen molar-refractivity contribution in [1.29, 1.82) is 0 Å². The lowest BCUT2D eigenvalue weighted by molar-refractivity contribution is -0.141. The number of amides is 1. The van der Waals surface area contributed by atoms with Crippen molar-refractivity contribution in [2.75, 3.05) is 7.11 Å². The molecular weight excluding hydrogens is 346 g/mol. The van der Waals surface area contributed by atoms with Crippen LogP contribution in [0.2, 0.25) is 0 Å². The van der Waals surface area contributed by atoms with Gasteiger partial charge in [0.25, 0.3) is 0 Å². The van der Waals surface area contributed by atoms with Gasteiger partial charge in [-0.25, -0.2) is 0 Å². The van der Waals surface area contributed by atoms with Gasteiger partial charge in [0.15, 0.2) is 0 Å². The highest BCUT2D eigenvalue weighted by molar-refractivity contribution is 5.82. The molecule has 0 bridgehead atoms. The Morgan fingerprint density at radius 3 is 2.56 bits per heavy atom. The van der Waals surface area contributed by atoms with Gasteiger partial charge in [-0.05, 0) is 17.7 Å². The molecule has 7 nitrogen and oxygen atoms in total. The number of hydrogen-bond acceptors (Lipinski definition) is 5. The minimum absolute atomic E-state index is 0.0184. The summed E-state index contributed by atoms with van der Waals surface area (Å²) in [5.41, 5.74) is 1.17. The summed E-state index contributed by atoms with van der Waals surface area (Å²) in [4.78, 5) is 36.2. The number of fused-ring (bicyclic) bond motifs is 1. The fraction of sp³-hybridized carbons (Fsp3) is 0.200. The van der Waals surface area contributed by atoms with Gasteiger partial charge in [0, 0.05) is 5.39 Å². The Morgan fingerprint density at radius 1 is 1.11 bits per heavy atom. The van der Waals surface area contributed by atoms with E-state index in [4.69, 9.17) is 4.74 Å². The Hall–Kier alpha value is -3.48. The van der Waals surface area contributed by atoms with Gasteiger partial charge in [-0.2, -0.15) is 5.10 Å². The number of hydrogen-bond donors (Lipinski definition) is 1. The third-order valence-corrected chi connectivity index (χ3v) is 4.19. The average Bonchev–Trinajstić information content (AvgIpc) is 2.70. The van der Waals surface area contributed by atoms with Crippen LogP contribution in [0.1, 0.15) is 18.0 Å². The molecule has 138 valence electrons. The van der Waals surface area contributed by atoms with Crippen molar-refractivity contribution in [2.45, 2.75) is 19.0 Å². The van der Waals surface area contributed by atoms with Crippen molar-refractivity contribution < 1.29 is 14.3 Å². The van der Waals surface area contributed by atoms with Gasteiger partial charge in [0.05, 0.1) is 31.3 Å². The summed E-state index contributed by atoms with van der Waals surface area (Å²) in [6.45, 7) is -0.0781. The van der Waals surface area contributed by atoms with E-state index >= 15 is 0 Å². The number of aromatic nitrogens is 2. The summed E-state index contributed by atoms with van der Waals surface area (Å²) in [7, 11) is 1.31. The van der Waals surface area contributed by atoms with Crippen molar-refractivity contribution in [1.82, 2.24) is 15.1 Å². The van der Waals surface area contributed by atoms with Crippen LogP contribution in [0.3, 0.4) is 0 Å². The molecule has 0 aliphatic heterocycles. The molecule has 0 saturated heterocycles. The predicted molar refractivity (Wildman–Crippen MR) is 100.0 cm³/mol. The molecule has 1 amide bonds. The van der Waals surface area contributed by atoms with Crippen molar-refractivity contribution in [3.8, 4) is 0 Å². The van der Waals surface area contributed by atoms with Gasteiger partial charge in [0.2, 0.25) is 11.3 Å². The molecule has 1 unspecified atom stereocenters. The van der Waals surface area contributed by atoms with Gasteiger partial charge in [0.1, 0.15) is 6.54 Å². The van der Waals surface area contributed by atoms with Crippen molar-refractivity contribution >= 4 is 22.8 Å². The van der Waals surface area contributed by atoms with E-state index in [0.717, 1.165) is 5.56 Å². The first-order chi connectivity index (χ1) is 13.1. The van der Waals surface area contributed by atoms with Crippen molar-refractivity contribution in [3.63, 3.8) is 0 Å². The maximum atomic E-state index is 12.6. The van der Waals surface area contributed by atoms with E-state index in [0.29, 0.717) is 10.9 Å². The molecule has 0 radical (unpaired) electrons. The zero-order valence-electron chi connectivity index (χ0n) is 14.8. The van der Waals surface area contributed by atoms with Crippen LogP contribution in [0.4, 0.5) is 0 Å². The summed E-state index contributed by atoms with van der Waals surface area (Å²) in [5.74, 6) is -0.745. The zero-order valence-corrected chi connectivity index (χ0v) is 14.8. The topological polar surface area (TPSA) is 90.3 Å². The minimum Gasteiger partial charge on any atom is -0.469 e. The number of nitrogens with one attached hydrogen (secondary N) is 1. The highest BCUT2D eigenvalue weighted by Gasteiger charge is 2.19. The maximum Gasteiger partial charge on any atom is 0.307 e. The molecule has 0 saturated carbocycles. The van der Waals surface area contributed by atoms with E-state index < -0.39 is 12.0 Å². The summed E-state index contributed by atoms with van der Waals surface area (Å²) >= 11 is 0. The zero-order chi connectivity index (χ0) is 19.2.